The van der Waals surface area contributed by atoms with Crippen molar-refractivity contribution < 1.29 is 4.74 Å². The third kappa shape index (κ3) is 4.99. The standard InChI is InChI=1S/C27H36N4O/c1-4-22(32-19-20-11-6-5-7-12-20)17-21-18-31(16-10-15-30(2)3)27-25(21)26(28)23-13-8-9-14-24(23)29-27/h4-7,11-12,17H,8-10,13-16,18-19H2,1-3H3,(H2,28,29)/b21-17+,22-4+. The van der Waals surface area contributed by atoms with Gasteiger partial charge in [-0.2, -0.15) is 0 Å². The summed E-state index contributed by atoms with van der Waals surface area (Å²) in [4.78, 5) is 9.78. The van der Waals surface area contributed by atoms with E-state index in [0.717, 1.165) is 67.3 Å². The lowest BCUT2D eigenvalue weighted by Gasteiger charge is -2.23. The topological polar surface area (TPSA) is 54.6 Å². The first kappa shape index (κ1) is 22.4. The number of nitrogens with zero attached hydrogens (tertiary/aromatic N) is 3. The molecule has 2 N–H and O–H groups in total. The third-order valence-corrected chi connectivity index (χ3v) is 6.36. The summed E-state index contributed by atoms with van der Waals surface area (Å²) in [6.07, 6.45) is 9.78. The van der Waals surface area contributed by atoms with E-state index in [0.29, 0.717) is 6.61 Å². The Morgan fingerprint density at radius 3 is 2.72 bits per heavy atom. The summed E-state index contributed by atoms with van der Waals surface area (Å²) in [7, 11) is 4.25. The third-order valence-electron chi connectivity index (χ3n) is 6.36. The van der Waals surface area contributed by atoms with E-state index in [1.165, 1.54) is 29.7 Å². The number of fused-ring (bicyclic) bond motifs is 2. The minimum absolute atomic E-state index is 0.557. The predicted octanol–water partition coefficient (Wildman–Crippen LogP) is 4.82. The largest absolute Gasteiger partial charge is 0.489 e. The number of aryl methyl sites for hydroxylation is 1. The van der Waals surface area contributed by atoms with Gasteiger partial charge in [-0.3, -0.25) is 0 Å². The molecule has 2 aliphatic rings. The lowest BCUT2D eigenvalue weighted by atomic mass is 9.91. The van der Waals surface area contributed by atoms with Crippen LogP contribution in [0.3, 0.4) is 0 Å². The van der Waals surface area contributed by atoms with Gasteiger partial charge in [0.15, 0.2) is 0 Å². The van der Waals surface area contributed by atoms with E-state index in [1.807, 2.05) is 31.2 Å². The lowest BCUT2D eigenvalue weighted by Crippen LogP contribution is -2.26. The zero-order chi connectivity index (χ0) is 22.5. The van der Waals surface area contributed by atoms with Crippen molar-refractivity contribution in [2.75, 3.05) is 44.4 Å². The van der Waals surface area contributed by atoms with Crippen molar-refractivity contribution in [3.63, 3.8) is 0 Å². The summed E-state index contributed by atoms with van der Waals surface area (Å²) in [5.74, 6) is 1.94. The molecule has 0 amide bonds. The zero-order valence-electron chi connectivity index (χ0n) is 19.7. The van der Waals surface area contributed by atoms with Crippen molar-refractivity contribution in [2.24, 2.45) is 0 Å². The van der Waals surface area contributed by atoms with Gasteiger partial charge in [0, 0.05) is 30.0 Å². The number of ether oxygens (including phenoxy) is 1. The molecule has 0 unspecified atom stereocenters. The van der Waals surface area contributed by atoms with Crippen LogP contribution in [0.25, 0.3) is 5.57 Å². The van der Waals surface area contributed by atoms with Crippen LogP contribution in [0, 0.1) is 0 Å². The molecule has 1 aromatic heterocycles. The van der Waals surface area contributed by atoms with Crippen molar-refractivity contribution >= 4 is 17.1 Å². The molecule has 2 aromatic rings. The normalized spacial score (nSPS) is 17.1. The number of allylic oxidation sites excluding steroid dienone is 2. The Balaban J connectivity index is 1.62. The summed E-state index contributed by atoms with van der Waals surface area (Å²) >= 11 is 0. The average molecular weight is 433 g/mol. The second kappa shape index (κ2) is 10.2. The molecule has 0 bridgehead atoms. The Morgan fingerprint density at radius 1 is 1.19 bits per heavy atom. The van der Waals surface area contributed by atoms with Crippen LogP contribution in [-0.2, 0) is 24.2 Å². The molecule has 5 nitrogen and oxygen atoms in total. The number of pyridine rings is 1. The summed E-state index contributed by atoms with van der Waals surface area (Å²) in [6, 6.07) is 10.3. The van der Waals surface area contributed by atoms with Gasteiger partial charge in [-0.05, 0) is 88.5 Å². The highest BCUT2D eigenvalue weighted by atomic mass is 16.5. The highest BCUT2D eigenvalue weighted by Crippen LogP contribution is 2.42. The number of hydrogen-bond acceptors (Lipinski definition) is 5. The highest BCUT2D eigenvalue weighted by molar-refractivity contribution is 5.92. The molecule has 0 spiro atoms. The van der Waals surface area contributed by atoms with Crippen LogP contribution in [0.4, 0.5) is 11.5 Å². The van der Waals surface area contributed by atoms with Crippen LogP contribution in [0.2, 0.25) is 0 Å². The molecular formula is C27H36N4O. The Bertz CT molecular complexity index is 994. The SMILES string of the molecule is C/C=C(\C=C1/CN(CCCN(C)C)c2nc3c(c(N)c21)CCCC3)OCc1ccccc1. The van der Waals surface area contributed by atoms with Gasteiger partial charge in [0.25, 0.3) is 0 Å². The van der Waals surface area contributed by atoms with Crippen LogP contribution in [0.15, 0.2) is 48.2 Å². The Morgan fingerprint density at radius 2 is 1.97 bits per heavy atom. The molecule has 32 heavy (non-hydrogen) atoms. The summed E-state index contributed by atoms with van der Waals surface area (Å²) in [6.45, 7) is 5.45. The van der Waals surface area contributed by atoms with E-state index in [4.69, 9.17) is 15.5 Å². The second-order valence-corrected chi connectivity index (χ2v) is 9.07. The van der Waals surface area contributed by atoms with Gasteiger partial charge in [0.2, 0.25) is 0 Å². The van der Waals surface area contributed by atoms with E-state index < -0.39 is 0 Å². The molecule has 1 aromatic carbocycles. The minimum Gasteiger partial charge on any atom is -0.489 e. The van der Waals surface area contributed by atoms with Crippen LogP contribution >= 0.6 is 0 Å². The number of benzene rings is 1. The average Bonchev–Trinajstić information content (AvgIpc) is 3.14. The quantitative estimate of drug-likeness (QED) is 0.606. The number of nitrogen functional groups attached to an aromatic ring is 1. The molecule has 0 atom stereocenters. The summed E-state index contributed by atoms with van der Waals surface area (Å²) < 4.78 is 6.15. The van der Waals surface area contributed by atoms with Crippen LogP contribution < -0.4 is 10.6 Å². The molecular weight excluding hydrogens is 396 g/mol. The van der Waals surface area contributed by atoms with E-state index in [1.54, 1.807) is 0 Å². The fraction of sp³-hybridized carbons (Fsp3) is 0.444. The van der Waals surface area contributed by atoms with E-state index in [-0.39, 0.29) is 0 Å². The van der Waals surface area contributed by atoms with Crippen molar-refractivity contribution in [3.8, 4) is 0 Å². The minimum atomic E-state index is 0.557. The maximum atomic E-state index is 6.79. The Hall–Kier alpha value is -2.79. The van der Waals surface area contributed by atoms with Gasteiger partial charge in [0.05, 0.1) is 0 Å². The van der Waals surface area contributed by atoms with Crippen molar-refractivity contribution in [3.05, 3.63) is 70.6 Å². The fourth-order valence-corrected chi connectivity index (χ4v) is 4.66. The number of rotatable bonds is 8. The molecule has 0 saturated carbocycles. The predicted molar refractivity (Wildman–Crippen MR) is 134 cm³/mol. The number of hydrogen-bond donors (Lipinski definition) is 1. The Kier molecular flexibility index (Phi) is 7.15. The molecule has 170 valence electrons. The molecule has 2 heterocycles. The van der Waals surface area contributed by atoms with Crippen LogP contribution in [0.1, 0.15) is 48.6 Å². The van der Waals surface area contributed by atoms with Crippen LogP contribution in [-0.4, -0.2) is 43.6 Å². The van der Waals surface area contributed by atoms with Gasteiger partial charge in [-0.25, -0.2) is 4.98 Å². The molecule has 0 radical (unpaired) electrons. The maximum absolute atomic E-state index is 6.79. The first-order chi connectivity index (χ1) is 15.6. The van der Waals surface area contributed by atoms with Gasteiger partial charge in [-0.1, -0.05) is 30.3 Å². The molecule has 0 fully saturated rings. The summed E-state index contributed by atoms with van der Waals surface area (Å²) in [5.41, 5.74) is 13.7. The molecule has 5 heteroatoms. The number of nitrogens with two attached hydrogens (primary N) is 1. The first-order valence-electron chi connectivity index (χ1n) is 11.8. The van der Waals surface area contributed by atoms with E-state index in [9.17, 15) is 0 Å². The van der Waals surface area contributed by atoms with Gasteiger partial charge >= 0.3 is 0 Å². The van der Waals surface area contributed by atoms with Gasteiger partial charge < -0.3 is 20.3 Å². The maximum Gasteiger partial charge on any atom is 0.138 e. The monoisotopic (exact) mass is 432 g/mol. The van der Waals surface area contributed by atoms with Gasteiger partial charge in [-0.15, -0.1) is 0 Å². The van der Waals surface area contributed by atoms with Crippen LogP contribution in [0.5, 0.6) is 0 Å². The van der Waals surface area contributed by atoms with E-state index >= 15 is 0 Å². The van der Waals surface area contributed by atoms with E-state index in [2.05, 4.69) is 42.1 Å². The van der Waals surface area contributed by atoms with Crippen molar-refractivity contribution in [1.29, 1.82) is 0 Å². The number of aromatic nitrogens is 1. The lowest BCUT2D eigenvalue weighted by molar-refractivity contribution is 0.211. The van der Waals surface area contributed by atoms with Crippen molar-refractivity contribution in [1.82, 2.24) is 9.88 Å². The molecule has 1 aliphatic heterocycles. The number of anilines is 2. The van der Waals surface area contributed by atoms with Gasteiger partial charge in [0.1, 0.15) is 18.2 Å². The molecule has 1 aliphatic carbocycles. The summed E-state index contributed by atoms with van der Waals surface area (Å²) in [5, 5.41) is 0. The zero-order valence-corrected chi connectivity index (χ0v) is 19.7. The van der Waals surface area contributed by atoms with Crippen molar-refractivity contribution in [2.45, 2.75) is 45.6 Å². The smallest absolute Gasteiger partial charge is 0.138 e. The fourth-order valence-electron chi connectivity index (χ4n) is 4.66. The molecule has 0 saturated heterocycles. The molecule has 4 rings (SSSR count). The Labute approximate surface area is 192 Å². The second-order valence-electron chi connectivity index (χ2n) is 9.07. The highest BCUT2D eigenvalue weighted by Gasteiger charge is 2.31. The first-order valence-corrected chi connectivity index (χ1v) is 11.8.